The predicted molar refractivity (Wildman–Crippen MR) is 104 cm³/mol. The van der Waals surface area contributed by atoms with Crippen LogP contribution in [0.3, 0.4) is 0 Å². The Morgan fingerprint density at radius 3 is 1.57 bits per heavy atom. The molecule has 9 heteroatoms. The number of nitrogens with one attached hydrogen (secondary N) is 3. The molecule has 0 aliphatic carbocycles. The molecule has 162 valence electrons. The topological polar surface area (TPSA) is 123 Å². The predicted octanol–water partition coefficient (Wildman–Crippen LogP) is 1.35. The van der Waals surface area contributed by atoms with E-state index in [1.807, 2.05) is 0 Å². The number of rotatable bonds is 8. The first-order chi connectivity index (χ1) is 12.7. The van der Waals surface area contributed by atoms with Crippen molar-refractivity contribution in [2.24, 2.45) is 11.8 Å². The Labute approximate surface area is 167 Å². The largest absolute Gasteiger partial charge is 0.467 e. The van der Waals surface area contributed by atoms with Gasteiger partial charge in [0.1, 0.15) is 23.7 Å². The Morgan fingerprint density at radius 1 is 0.750 bits per heavy atom. The summed E-state index contributed by atoms with van der Waals surface area (Å²) in [5.74, 6) is -2.10. The van der Waals surface area contributed by atoms with Gasteiger partial charge in [-0.2, -0.15) is 0 Å². The second-order valence-electron chi connectivity index (χ2n) is 8.35. The van der Waals surface area contributed by atoms with E-state index in [0.717, 1.165) is 0 Å². The highest BCUT2D eigenvalue weighted by Crippen LogP contribution is 2.10. The van der Waals surface area contributed by atoms with Gasteiger partial charge < -0.3 is 25.4 Å². The molecular weight excluding hydrogens is 366 g/mol. The molecule has 3 N–H and O–H groups in total. The summed E-state index contributed by atoms with van der Waals surface area (Å²) in [4.78, 5) is 48.8. The lowest BCUT2D eigenvalue weighted by Gasteiger charge is -2.28. The minimum absolute atomic E-state index is 0.239. The Morgan fingerprint density at radius 2 is 1.18 bits per heavy atom. The van der Waals surface area contributed by atoms with Crippen LogP contribution in [-0.2, 0) is 23.9 Å². The van der Waals surface area contributed by atoms with E-state index in [-0.39, 0.29) is 11.8 Å². The molecule has 0 rings (SSSR count). The fourth-order valence-electron chi connectivity index (χ4n) is 2.29. The first-order valence-electron chi connectivity index (χ1n) is 9.37. The molecule has 0 saturated carbocycles. The number of amides is 3. The maximum Gasteiger partial charge on any atom is 0.408 e. The van der Waals surface area contributed by atoms with E-state index in [9.17, 15) is 19.2 Å². The number of carbonyl (C=O) groups excluding carboxylic acids is 4. The number of hydrogen-bond acceptors (Lipinski definition) is 6. The fraction of sp³-hybridized carbons (Fsp3) is 0.789. The summed E-state index contributed by atoms with van der Waals surface area (Å²) in [6.45, 7) is 13.7. The molecule has 0 heterocycles. The van der Waals surface area contributed by atoms with Crippen LogP contribution in [0.15, 0.2) is 0 Å². The monoisotopic (exact) mass is 401 g/mol. The average Bonchev–Trinajstić information content (AvgIpc) is 2.53. The standard InChI is InChI=1S/C19H35N3O6/c1-10(2)13(15(23)20-12(5)17(25)27-9)21-16(24)14(11(3)4)22-18(26)28-19(6,7)8/h10-14H,1-9H3,(H,20,23)(H,21,24)(H,22,26)/t12-,13+,14+/m1/s1. The lowest BCUT2D eigenvalue weighted by molar-refractivity contribution is -0.145. The van der Waals surface area contributed by atoms with Crippen molar-refractivity contribution in [3.8, 4) is 0 Å². The zero-order valence-electron chi connectivity index (χ0n) is 18.3. The molecule has 0 aromatic carbocycles. The first-order valence-corrected chi connectivity index (χ1v) is 9.37. The van der Waals surface area contributed by atoms with Gasteiger partial charge in [0.05, 0.1) is 7.11 Å². The summed E-state index contributed by atoms with van der Waals surface area (Å²) in [5, 5.41) is 7.72. The zero-order chi connectivity index (χ0) is 22.2. The molecule has 3 atom stereocenters. The number of esters is 1. The van der Waals surface area contributed by atoms with Crippen LogP contribution in [0.4, 0.5) is 4.79 Å². The molecule has 0 aromatic rings. The zero-order valence-corrected chi connectivity index (χ0v) is 18.3. The van der Waals surface area contributed by atoms with E-state index in [0.29, 0.717) is 0 Å². The summed E-state index contributed by atoms with van der Waals surface area (Å²) in [6.07, 6.45) is -0.716. The van der Waals surface area contributed by atoms with Crippen molar-refractivity contribution in [1.29, 1.82) is 0 Å². The van der Waals surface area contributed by atoms with E-state index in [1.54, 1.807) is 48.5 Å². The summed E-state index contributed by atoms with van der Waals surface area (Å²) in [6, 6.07) is -2.63. The third kappa shape index (κ3) is 9.05. The van der Waals surface area contributed by atoms with Crippen LogP contribution >= 0.6 is 0 Å². The molecule has 9 nitrogen and oxygen atoms in total. The number of alkyl carbamates (subject to hydrolysis) is 1. The van der Waals surface area contributed by atoms with E-state index in [4.69, 9.17) is 4.74 Å². The van der Waals surface area contributed by atoms with Crippen LogP contribution in [0.1, 0.15) is 55.4 Å². The van der Waals surface area contributed by atoms with Gasteiger partial charge in [-0.05, 0) is 39.5 Å². The minimum Gasteiger partial charge on any atom is -0.467 e. The van der Waals surface area contributed by atoms with Crippen molar-refractivity contribution in [1.82, 2.24) is 16.0 Å². The van der Waals surface area contributed by atoms with Crippen molar-refractivity contribution >= 4 is 23.9 Å². The van der Waals surface area contributed by atoms with Gasteiger partial charge in [0.25, 0.3) is 0 Å². The normalized spacial score (nSPS) is 14.7. The second kappa shape index (κ2) is 10.9. The van der Waals surface area contributed by atoms with E-state index < -0.39 is 47.6 Å². The fourth-order valence-corrected chi connectivity index (χ4v) is 2.29. The maximum atomic E-state index is 12.7. The molecule has 0 aromatic heterocycles. The molecule has 0 fully saturated rings. The Hall–Kier alpha value is -2.32. The van der Waals surface area contributed by atoms with Crippen molar-refractivity contribution in [3.05, 3.63) is 0 Å². The molecule has 0 bridgehead atoms. The van der Waals surface area contributed by atoms with Gasteiger partial charge in [0.15, 0.2) is 0 Å². The van der Waals surface area contributed by atoms with Crippen LogP contribution < -0.4 is 16.0 Å². The van der Waals surface area contributed by atoms with E-state index in [1.165, 1.54) is 14.0 Å². The molecule has 0 spiro atoms. The van der Waals surface area contributed by atoms with E-state index in [2.05, 4.69) is 20.7 Å². The number of methoxy groups -OCH3 is 1. The molecule has 28 heavy (non-hydrogen) atoms. The average molecular weight is 402 g/mol. The van der Waals surface area contributed by atoms with Gasteiger partial charge in [0.2, 0.25) is 11.8 Å². The SMILES string of the molecule is COC(=O)[C@@H](C)NC(=O)[C@@H](NC(=O)[C@@H](NC(=O)OC(C)(C)C)C(C)C)C(C)C. The number of ether oxygens (including phenoxy) is 2. The van der Waals surface area contributed by atoms with Crippen molar-refractivity contribution in [3.63, 3.8) is 0 Å². The Balaban J connectivity index is 5.19. The van der Waals surface area contributed by atoms with Gasteiger partial charge >= 0.3 is 12.1 Å². The molecule has 0 aliphatic heterocycles. The highest BCUT2D eigenvalue weighted by atomic mass is 16.6. The highest BCUT2D eigenvalue weighted by molar-refractivity contribution is 5.93. The molecule has 0 radical (unpaired) electrons. The summed E-state index contributed by atoms with van der Waals surface area (Å²) < 4.78 is 9.78. The van der Waals surface area contributed by atoms with Crippen molar-refractivity contribution in [2.75, 3.05) is 7.11 Å². The summed E-state index contributed by atoms with van der Waals surface area (Å²) in [7, 11) is 1.22. The van der Waals surface area contributed by atoms with Crippen LogP contribution in [-0.4, -0.2) is 54.7 Å². The van der Waals surface area contributed by atoms with Crippen molar-refractivity contribution in [2.45, 2.75) is 79.1 Å². The summed E-state index contributed by atoms with van der Waals surface area (Å²) in [5.41, 5.74) is -0.702. The maximum absolute atomic E-state index is 12.7. The Bertz CT molecular complexity index is 569. The third-order valence-corrected chi connectivity index (χ3v) is 3.78. The molecule has 0 unspecified atom stereocenters. The number of carbonyl (C=O) groups is 4. The van der Waals surface area contributed by atoms with Gasteiger partial charge in [-0.15, -0.1) is 0 Å². The first kappa shape index (κ1) is 25.7. The van der Waals surface area contributed by atoms with Gasteiger partial charge in [-0.25, -0.2) is 9.59 Å². The lowest BCUT2D eigenvalue weighted by Crippen LogP contribution is -2.58. The van der Waals surface area contributed by atoms with Crippen LogP contribution in [0.2, 0.25) is 0 Å². The summed E-state index contributed by atoms with van der Waals surface area (Å²) >= 11 is 0. The van der Waals surface area contributed by atoms with E-state index >= 15 is 0 Å². The van der Waals surface area contributed by atoms with Gasteiger partial charge in [-0.3, -0.25) is 9.59 Å². The third-order valence-electron chi connectivity index (χ3n) is 3.78. The number of hydrogen-bond donors (Lipinski definition) is 3. The smallest absolute Gasteiger partial charge is 0.408 e. The van der Waals surface area contributed by atoms with Gasteiger partial charge in [-0.1, -0.05) is 27.7 Å². The van der Waals surface area contributed by atoms with Gasteiger partial charge in [0, 0.05) is 0 Å². The minimum atomic E-state index is -0.888. The molecule has 0 saturated heterocycles. The molecule has 0 aliphatic rings. The van der Waals surface area contributed by atoms with Crippen molar-refractivity contribution < 1.29 is 28.7 Å². The lowest BCUT2D eigenvalue weighted by atomic mass is 9.99. The van der Waals surface area contributed by atoms with Crippen LogP contribution in [0, 0.1) is 11.8 Å². The molecular formula is C19H35N3O6. The quantitative estimate of drug-likeness (QED) is 0.528. The molecule has 3 amide bonds. The Kier molecular flexibility index (Phi) is 9.97. The highest BCUT2D eigenvalue weighted by Gasteiger charge is 2.32. The second-order valence-corrected chi connectivity index (χ2v) is 8.35. The van der Waals surface area contributed by atoms with Crippen LogP contribution in [0.5, 0.6) is 0 Å². The van der Waals surface area contributed by atoms with Crippen LogP contribution in [0.25, 0.3) is 0 Å².